The van der Waals surface area contributed by atoms with Gasteiger partial charge < -0.3 is 15.6 Å². The van der Waals surface area contributed by atoms with Crippen molar-refractivity contribution in [2.75, 3.05) is 0 Å². The number of nitrogens with zero attached hydrogens (tertiary/aromatic N) is 2. The van der Waals surface area contributed by atoms with Gasteiger partial charge in [-0.25, -0.2) is 0 Å². The third-order valence-corrected chi connectivity index (χ3v) is 3.69. The number of halogens is 1. The van der Waals surface area contributed by atoms with Crippen LogP contribution >= 0.6 is 12.4 Å². The molecule has 3 N–H and O–H groups in total. The van der Waals surface area contributed by atoms with Crippen LogP contribution in [-0.2, 0) is 11.2 Å². The molecule has 6 nitrogen and oxygen atoms in total. The lowest BCUT2D eigenvalue weighted by molar-refractivity contribution is -0.126. The van der Waals surface area contributed by atoms with Gasteiger partial charge in [0.15, 0.2) is 5.82 Å². The maximum Gasteiger partial charge on any atom is 0.248 e. The SMILES string of the molecule is CCCC(C)(N)C(=O)NC(C)c1nc(Cc2ccccc2)no1.Cl. The van der Waals surface area contributed by atoms with E-state index in [-0.39, 0.29) is 24.4 Å². The molecule has 132 valence electrons. The Morgan fingerprint density at radius 2 is 2.04 bits per heavy atom. The van der Waals surface area contributed by atoms with Gasteiger partial charge in [-0.2, -0.15) is 4.98 Å². The van der Waals surface area contributed by atoms with E-state index in [2.05, 4.69) is 15.5 Å². The van der Waals surface area contributed by atoms with E-state index >= 15 is 0 Å². The maximum absolute atomic E-state index is 12.2. The van der Waals surface area contributed by atoms with Crippen LogP contribution in [0.3, 0.4) is 0 Å². The molecule has 2 unspecified atom stereocenters. The molecule has 0 aliphatic heterocycles. The zero-order valence-electron chi connectivity index (χ0n) is 14.3. The Hall–Kier alpha value is -1.92. The Bertz CT molecular complexity index is 643. The first-order valence-electron chi connectivity index (χ1n) is 7.88. The number of benzene rings is 1. The standard InChI is InChI=1S/C17H24N4O2.ClH/c1-4-10-17(3,18)16(22)19-12(2)15-20-14(21-23-15)11-13-8-6-5-7-9-13;/h5-9,12H,4,10-11,18H2,1-3H3,(H,19,22);1H. The van der Waals surface area contributed by atoms with Crippen molar-refractivity contribution in [1.29, 1.82) is 0 Å². The first kappa shape index (κ1) is 20.1. The van der Waals surface area contributed by atoms with E-state index < -0.39 is 5.54 Å². The lowest BCUT2D eigenvalue weighted by Gasteiger charge is -2.24. The normalized spacial score (nSPS) is 14.3. The smallest absolute Gasteiger partial charge is 0.248 e. The fourth-order valence-electron chi connectivity index (χ4n) is 2.35. The zero-order chi connectivity index (χ0) is 16.9. The second-order valence-corrected chi connectivity index (χ2v) is 6.07. The minimum atomic E-state index is -0.893. The molecule has 7 heteroatoms. The van der Waals surface area contributed by atoms with Crippen LogP contribution in [0.4, 0.5) is 0 Å². The highest BCUT2D eigenvalue weighted by atomic mass is 35.5. The Labute approximate surface area is 148 Å². The summed E-state index contributed by atoms with van der Waals surface area (Å²) in [6.07, 6.45) is 2.06. The largest absolute Gasteiger partial charge is 0.343 e. The van der Waals surface area contributed by atoms with E-state index in [0.717, 1.165) is 12.0 Å². The van der Waals surface area contributed by atoms with E-state index in [9.17, 15) is 4.79 Å². The van der Waals surface area contributed by atoms with Crippen molar-refractivity contribution in [3.8, 4) is 0 Å². The average molecular weight is 353 g/mol. The Kier molecular flexibility index (Phi) is 7.38. The van der Waals surface area contributed by atoms with Gasteiger partial charge in [0, 0.05) is 6.42 Å². The quantitative estimate of drug-likeness (QED) is 0.799. The number of amides is 1. The maximum atomic E-state index is 12.2. The molecular weight excluding hydrogens is 328 g/mol. The summed E-state index contributed by atoms with van der Waals surface area (Å²) in [5.74, 6) is 0.766. The molecule has 0 bridgehead atoms. The van der Waals surface area contributed by atoms with Crippen molar-refractivity contribution in [2.24, 2.45) is 5.73 Å². The van der Waals surface area contributed by atoms with Crippen LogP contribution in [0.15, 0.2) is 34.9 Å². The van der Waals surface area contributed by atoms with Crippen molar-refractivity contribution in [2.45, 2.75) is 51.6 Å². The molecule has 0 fully saturated rings. The molecular formula is C17H25ClN4O2. The second-order valence-electron chi connectivity index (χ2n) is 6.07. The second kappa shape index (κ2) is 8.80. The Balaban J connectivity index is 0.00000288. The third kappa shape index (κ3) is 5.32. The van der Waals surface area contributed by atoms with Crippen molar-refractivity contribution < 1.29 is 9.32 Å². The zero-order valence-corrected chi connectivity index (χ0v) is 15.1. The predicted octanol–water partition coefficient (Wildman–Crippen LogP) is 2.78. The molecule has 0 saturated carbocycles. The number of hydrogen-bond donors (Lipinski definition) is 2. The van der Waals surface area contributed by atoms with Gasteiger partial charge in [-0.1, -0.05) is 48.8 Å². The van der Waals surface area contributed by atoms with Gasteiger partial charge in [-0.3, -0.25) is 4.79 Å². The van der Waals surface area contributed by atoms with Gasteiger partial charge >= 0.3 is 0 Å². The third-order valence-electron chi connectivity index (χ3n) is 3.69. The number of nitrogens with one attached hydrogen (secondary N) is 1. The number of carbonyl (C=O) groups is 1. The number of carbonyl (C=O) groups excluding carboxylic acids is 1. The van der Waals surface area contributed by atoms with Gasteiger partial charge in [-0.15, -0.1) is 12.4 Å². The molecule has 0 saturated heterocycles. The first-order chi connectivity index (χ1) is 10.9. The highest BCUT2D eigenvalue weighted by molar-refractivity contribution is 5.86. The topological polar surface area (TPSA) is 94.0 Å². The van der Waals surface area contributed by atoms with Crippen LogP contribution in [0.25, 0.3) is 0 Å². The average Bonchev–Trinajstić information content (AvgIpc) is 2.96. The highest BCUT2D eigenvalue weighted by Crippen LogP contribution is 2.15. The van der Waals surface area contributed by atoms with Gasteiger partial charge in [0.1, 0.15) is 6.04 Å². The van der Waals surface area contributed by atoms with Crippen LogP contribution in [0.1, 0.15) is 56.9 Å². The van der Waals surface area contributed by atoms with Gasteiger partial charge in [0.05, 0.1) is 5.54 Å². The van der Waals surface area contributed by atoms with Crippen LogP contribution < -0.4 is 11.1 Å². The van der Waals surface area contributed by atoms with Crippen molar-refractivity contribution in [3.05, 3.63) is 47.6 Å². The summed E-state index contributed by atoms with van der Waals surface area (Å²) >= 11 is 0. The molecule has 1 heterocycles. The lowest BCUT2D eigenvalue weighted by atomic mass is 9.96. The number of aromatic nitrogens is 2. The number of rotatable bonds is 7. The molecule has 1 amide bonds. The summed E-state index contributed by atoms with van der Waals surface area (Å²) in [5, 5.41) is 6.81. The molecule has 2 atom stereocenters. The molecule has 0 radical (unpaired) electrons. The summed E-state index contributed by atoms with van der Waals surface area (Å²) in [6, 6.07) is 9.53. The van der Waals surface area contributed by atoms with Crippen molar-refractivity contribution >= 4 is 18.3 Å². The van der Waals surface area contributed by atoms with E-state index in [4.69, 9.17) is 10.3 Å². The molecule has 1 aromatic carbocycles. The van der Waals surface area contributed by atoms with E-state index in [1.165, 1.54) is 0 Å². The summed E-state index contributed by atoms with van der Waals surface area (Å²) in [4.78, 5) is 16.6. The van der Waals surface area contributed by atoms with E-state index in [0.29, 0.717) is 24.6 Å². The minimum Gasteiger partial charge on any atom is -0.343 e. The predicted molar refractivity (Wildman–Crippen MR) is 94.9 cm³/mol. The number of nitrogens with two attached hydrogens (primary N) is 1. The monoisotopic (exact) mass is 352 g/mol. The first-order valence-corrected chi connectivity index (χ1v) is 7.88. The fourth-order valence-corrected chi connectivity index (χ4v) is 2.35. The summed E-state index contributed by atoms with van der Waals surface area (Å²) in [6.45, 7) is 5.53. The molecule has 24 heavy (non-hydrogen) atoms. The summed E-state index contributed by atoms with van der Waals surface area (Å²) < 4.78 is 5.26. The van der Waals surface area contributed by atoms with Gasteiger partial charge in [0.2, 0.25) is 11.8 Å². The van der Waals surface area contributed by atoms with Crippen LogP contribution in [0.2, 0.25) is 0 Å². The van der Waals surface area contributed by atoms with Crippen LogP contribution in [0, 0.1) is 0 Å². The van der Waals surface area contributed by atoms with Crippen molar-refractivity contribution in [3.63, 3.8) is 0 Å². The molecule has 1 aromatic heterocycles. The molecule has 0 aliphatic rings. The van der Waals surface area contributed by atoms with Crippen LogP contribution in [0.5, 0.6) is 0 Å². The van der Waals surface area contributed by atoms with Gasteiger partial charge in [0.25, 0.3) is 0 Å². The molecule has 2 aromatic rings. The summed E-state index contributed by atoms with van der Waals surface area (Å²) in [7, 11) is 0. The minimum absolute atomic E-state index is 0. The van der Waals surface area contributed by atoms with Crippen LogP contribution in [-0.4, -0.2) is 21.6 Å². The summed E-state index contributed by atoms with van der Waals surface area (Å²) in [5.41, 5.74) is 6.24. The Morgan fingerprint density at radius 1 is 1.38 bits per heavy atom. The number of hydrogen-bond acceptors (Lipinski definition) is 5. The van der Waals surface area contributed by atoms with E-state index in [1.807, 2.05) is 37.3 Å². The lowest BCUT2D eigenvalue weighted by Crippen LogP contribution is -2.52. The van der Waals surface area contributed by atoms with Crippen molar-refractivity contribution in [1.82, 2.24) is 15.5 Å². The molecule has 0 aliphatic carbocycles. The Morgan fingerprint density at radius 3 is 2.67 bits per heavy atom. The van der Waals surface area contributed by atoms with E-state index in [1.54, 1.807) is 13.8 Å². The fraction of sp³-hybridized carbons (Fsp3) is 0.471. The van der Waals surface area contributed by atoms with Gasteiger partial charge in [-0.05, 0) is 25.8 Å². The molecule has 2 rings (SSSR count). The molecule has 0 spiro atoms. The highest BCUT2D eigenvalue weighted by Gasteiger charge is 2.29.